The zero-order valence-electron chi connectivity index (χ0n) is 14.1. The number of nitriles is 1. The molecule has 2 aromatic rings. The molecule has 0 aliphatic rings. The SMILES string of the molecule is C[C@H](NC(=O)Nc1ccc(F)cc1C#N)c1ccccc1NS(C)(=O)=O. The van der Waals surface area contributed by atoms with Gasteiger partial charge in [0, 0.05) is 0 Å². The molecule has 0 aliphatic carbocycles. The summed E-state index contributed by atoms with van der Waals surface area (Å²) in [6.07, 6.45) is 1.03. The summed E-state index contributed by atoms with van der Waals surface area (Å²) in [7, 11) is -3.47. The number of rotatable bonds is 5. The fourth-order valence-corrected chi connectivity index (χ4v) is 2.90. The van der Waals surface area contributed by atoms with Crippen LogP contribution in [0.3, 0.4) is 0 Å². The molecule has 0 unspecified atom stereocenters. The number of urea groups is 1. The van der Waals surface area contributed by atoms with Crippen LogP contribution in [-0.4, -0.2) is 20.7 Å². The third-order valence-electron chi connectivity index (χ3n) is 3.42. The molecule has 0 aromatic heterocycles. The average Bonchev–Trinajstić information content (AvgIpc) is 2.55. The Labute approximate surface area is 150 Å². The maximum Gasteiger partial charge on any atom is 0.319 e. The molecular formula is C17H17FN4O3S. The molecule has 0 spiro atoms. The monoisotopic (exact) mass is 376 g/mol. The highest BCUT2D eigenvalue weighted by molar-refractivity contribution is 7.92. The Balaban J connectivity index is 2.15. The molecule has 7 nitrogen and oxygen atoms in total. The Hall–Kier alpha value is -3.12. The van der Waals surface area contributed by atoms with Gasteiger partial charge in [-0.3, -0.25) is 4.72 Å². The van der Waals surface area contributed by atoms with Crippen LogP contribution in [0, 0.1) is 17.1 Å². The summed E-state index contributed by atoms with van der Waals surface area (Å²) < 4.78 is 38.5. The van der Waals surface area contributed by atoms with Crippen molar-refractivity contribution in [3.05, 3.63) is 59.4 Å². The number of halogens is 1. The zero-order chi connectivity index (χ0) is 19.3. The van der Waals surface area contributed by atoms with Gasteiger partial charge in [0.15, 0.2) is 0 Å². The number of anilines is 2. The smallest absolute Gasteiger partial charge is 0.319 e. The third kappa shape index (κ3) is 5.19. The normalized spacial score (nSPS) is 11.9. The van der Waals surface area contributed by atoms with Gasteiger partial charge in [-0.2, -0.15) is 5.26 Å². The molecule has 9 heteroatoms. The lowest BCUT2D eigenvalue weighted by Gasteiger charge is -2.19. The lowest BCUT2D eigenvalue weighted by atomic mass is 10.1. The van der Waals surface area contributed by atoms with Crippen molar-refractivity contribution in [1.29, 1.82) is 5.26 Å². The van der Waals surface area contributed by atoms with Crippen LogP contribution in [0.15, 0.2) is 42.5 Å². The van der Waals surface area contributed by atoms with Crippen molar-refractivity contribution in [2.45, 2.75) is 13.0 Å². The van der Waals surface area contributed by atoms with E-state index in [0.717, 1.165) is 18.4 Å². The maximum atomic E-state index is 13.1. The average molecular weight is 376 g/mol. The number of hydrogen-bond acceptors (Lipinski definition) is 4. The predicted octanol–water partition coefficient (Wildman–Crippen LogP) is 2.95. The van der Waals surface area contributed by atoms with Gasteiger partial charge in [-0.25, -0.2) is 17.6 Å². The van der Waals surface area contributed by atoms with Gasteiger partial charge >= 0.3 is 6.03 Å². The van der Waals surface area contributed by atoms with E-state index in [1.54, 1.807) is 37.3 Å². The van der Waals surface area contributed by atoms with Gasteiger partial charge in [0.1, 0.15) is 11.9 Å². The largest absolute Gasteiger partial charge is 0.331 e. The van der Waals surface area contributed by atoms with Crippen molar-refractivity contribution in [2.24, 2.45) is 0 Å². The number of carbonyl (C=O) groups is 1. The minimum absolute atomic E-state index is 0.00746. The Morgan fingerprint density at radius 3 is 2.54 bits per heavy atom. The van der Waals surface area contributed by atoms with Crippen molar-refractivity contribution >= 4 is 27.4 Å². The molecule has 0 saturated carbocycles. The molecular weight excluding hydrogens is 359 g/mol. The van der Waals surface area contributed by atoms with Crippen LogP contribution in [0.25, 0.3) is 0 Å². The Kier molecular flexibility index (Phi) is 5.79. The minimum Gasteiger partial charge on any atom is -0.331 e. The number of nitrogens with one attached hydrogen (secondary N) is 3. The molecule has 0 saturated heterocycles. The van der Waals surface area contributed by atoms with E-state index in [2.05, 4.69) is 15.4 Å². The molecule has 0 aliphatic heterocycles. The standard InChI is InChI=1S/C17H17FN4O3S/c1-11(14-5-3-4-6-16(14)22-26(2,24)25)20-17(23)21-15-8-7-13(18)9-12(15)10-19/h3-9,11,22H,1-2H3,(H2,20,21,23)/t11-/m0/s1. The van der Waals surface area contributed by atoms with Gasteiger partial charge in [-0.05, 0) is 36.8 Å². The second kappa shape index (κ2) is 7.84. The van der Waals surface area contributed by atoms with E-state index in [4.69, 9.17) is 5.26 Å². The zero-order valence-corrected chi connectivity index (χ0v) is 14.9. The van der Waals surface area contributed by atoms with Gasteiger partial charge in [-0.1, -0.05) is 18.2 Å². The molecule has 3 N–H and O–H groups in total. The molecule has 0 fully saturated rings. The van der Waals surface area contributed by atoms with Crippen molar-refractivity contribution in [3.8, 4) is 6.07 Å². The molecule has 2 aromatic carbocycles. The van der Waals surface area contributed by atoms with Gasteiger partial charge in [-0.15, -0.1) is 0 Å². The first-order chi connectivity index (χ1) is 12.2. The van der Waals surface area contributed by atoms with Gasteiger partial charge in [0.2, 0.25) is 10.0 Å². The van der Waals surface area contributed by atoms with Crippen molar-refractivity contribution in [2.75, 3.05) is 16.3 Å². The molecule has 1 atom stereocenters. The summed E-state index contributed by atoms with van der Waals surface area (Å²) in [5.41, 5.74) is 1.07. The summed E-state index contributed by atoms with van der Waals surface area (Å²) in [5, 5.41) is 14.1. The van der Waals surface area contributed by atoms with E-state index < -0.39 is 27.9 Å². The minimum atomic E-state index is -3.47. The second-order valence-electron chi connectivity index (χ2n) is 5.58. The van der Waals surface area contributed by atoms with Crippen LogP contribution in [0.5, 0.6) is 0 Å². The van der Waals surface area contributed by atoms with E-state index in [1.807, 2.05) is 0 Å². The molecule has 0 bridgehead atoms. The van der Waals surface area contributed by atoms with Crippen molar-refractivity contribution in [3.63, 3.8) is 0 Å². The summed E-state index contributed by atoms with van der Waals surface area (Å²) in [5.74, 6) is -0.582. The van der Waals surface area contributed by atoms with Gasteiger partial charge in [0.25, 0.3) is 0 Å². The lowest BCUT2D eigenvalue weighted by Crippen LogP contribution is -2.32. The van der Waals surface area contributed by atoms with Crippen LogP contribution in [0.2, 0.25) is 0 Å². The summed E-state index contributed by atoms with van der Waals surface area (Å²) in [4.78, 5) is 12.2. The molecule has 2 amide bonds. The predicted molar refractivity (Wildman–Crippen MR) is 96.6 cm³/mol. The van der Waals surface area contributed by atoms with Crippen molar-refractivity contribution in [1.82, 2.24) is 5.32 Å². The number of para-hydroxylation sites is 1. The Morgan fingerprint density at radius 2 is 1.88 bits per heavy atom. The number of benzene rings is 2. The molecule has 2 rings (SSSR count). The number of amides is 2. The van der Waals surface area contributed by atoms with Crippen LogP contribution < -0.4 is 15.4 Å². The Morgan fingerprint density at radius 1 is 1.19 bits per heavy atom. The quantitative estimate of drug-likeness (QED) is 0.745. The highest BCUT2D eigenvalue weighted by Crippen LogP contribution is 2.23. The molecule has 136 valence electrons. The first-order valence-corrected chi connectivity index (χ1v) is 9.42. The number of sulfonamides is 1. The fourth-order valence-electron chi connectivity index (χ4n) is 2.32. The molecule has 0 radical (unpaired) electrons. The number of nitrogens with zero attached hydrogens (tertiary/aromatic N) is 1. The number of hydrogen-bond donors (Lipinski definition) is 3. The topological polar surface area (TPSA) is 111 Å². The highest BCUT2D eigenvalue weighted by atomic mass is 32.2. The third-order valence-corrected chi connectivity index (χ3v) is 4.01. The van der Waals surface area contributed by atoms with Crippen LogP contribution in [-0.2, 0) is 10.0 Å². The van der Waals surface area contributed by atoms with E-state index in [9.17, 15) is 17.6 Å². The van der Waals surface area contributed by atoms with E-state index >= 15 is 0 Å². The van der Waals surface area contributed by atoms with Crippen molar-refractivity contribution < 1.29 is 17.6 Å². The van der Waals surface area contributed by atoms with Gasteiger partial charge in [0.05, 0.1) is 29.2 Å². The summed E-state index contributed by atoms with van der Waals surface area (Å²) in [6, 6.07) is 10.7. The Bertz CT molecular complexity index is 970. The first kappa shape index (κ1) is 19.2. The maximum absolute atomic E-state index is 13.1. The van der Waals surface area contributed by atoms with Gasteiger partial charge < -0.3 is 10.6 Å². The van der Waals surface area contributed by atoms with Crippen LogP contribution in [0.1, 0.15) is 24.1 Å². The highest BCUT2D eigenvalue weighted by Gasteiger charge is 2.16. The summed E-state index contributed by atoms with van der Waals surface area (Å²) >= 11 is 0. The number of carbonyl (C=O) groups excluding carboxylic acids is 1. The molecule has 26 heavy (non-hydrogen) atoms. The van der Waals surface area contributed by atoms with Crippen LogP contribution >= 0.6 is 0 Å². The van der Waals surface area contributed by atoms with Crippen LogP contribution in [0.4, 0.5) is 20.6 Å². The first-order valence-electron chi connectivity index (χ1n) is 7.53. The van der Waals surface area contributed by atoms with E-state index in [-0.39, 0.29) is 11.3 Å². The summed E-state index contributed by atoms with van der Waals surface area (Å²) in [6.45, 7) is 1.68. The molecule has 0 heterocycles. The van der Waals surface area contributed by atoms with E-state index in [0.29, 0.717) is 11.3 Å². The second-order valence-corrected chi connectivity index (χ2v) is 7.33. The fraction of sp³-hybridized carbons (Fsp3) is 0.176. The van der Waals surface area contributed by atoms with E-state index in [1.165, 1.54) is 6.07 Å². The lowest BCUT2D eigenvalue weighted by molar-refractivity contribution is 0.249.